The molecule has 130 valence electrons. The number of sulfonamides is 1. The lowest BCUT2D eigenvalue weighted by Gasteiger charge is -2.12. The van der Waals surface area contributed by atoms with Crippen LogP contribution in [-0.2, 0) is 10.0 Å². The molecule has 7 nitrogen and oxygen atoms in total. The highest BCUT2D eigenvalue weighted by molar-refractivity contribution is 7.92. The lowest BCUT2D eigenvalue weighted by atomic mass is 10.1. The minimum atomic E-state index is -3.69. The van der Waals surface area contributed by atoms with Crippen LogP contribution in [0.25, 0.3) is 11.5 Å². The Hall–Kier alpha value is -2.87. The zero-order chi connectivity index (χ0) is 17.9. The first kappa shape index (κ1) is 17.0. The summed E-state index contributed by atoms with van der Waals surface area (Å²) in [6.45, 7) is 4.19. The highest BCUT2D eigenvalue weighted by Crippen LogP contribution is 2.26. The second-order valence-electron chi connectivity index (χ2n) is 5.28. The summed E-state index contributed by atoms with van der Waals surface area (Å²) in [5.74, 6) is 1.01. The summed E-state index contributed by atoms with van der Waals surface area (Å²) in [5.41, 5.74) is 1.95. The van der Waals surface area contributed by atoms with Crippen molar-refractivity contribution in [3.63, 3.8) is 0 Å². The Bertz CT molecular complexity index is 952. The van der Waals surface area contributed by atoms with Crippen molar-refractivity contribution < 1.29 is 17.6 Å². The summed E-state index contributed by atoms with van der Waals surface area (Å²) < 4.78 is 38.1. The van der Waals surface area contributed by atoms with Gasteiger partial charge in [-0.05, 0) is 61.9 Å². The molecule has 0 aliphatic rings. The zero-order valence-corrected chi connectivity index (χ0v) is 14.6. The molecule has 1 N–H and O–H groups in total. The number of nitrogens with one attached hydrogen (secondary N) is 1. The maximum absolute atomic E-state index is 12.5. The molecule has 2 aromatic carbocycles. The van der Waals surface area contributed by atoms with Gasteiger partial charge in [0.05, 0.1) is 17.2 Å². The lowest BCUT2D eigenvalue weighted by molar-refractivity contribution is 0.340. The van der Waals surface area contributed by atoms with Crippen molar-refractivity contribution in [3.8, 4) is 17.2 Å². The molecule has 0 fully saturated rings. The van der Waals surface area contributed by atoms with Gasteiger partial charge in [0.25, 0.3) is 10.0 Å². The van der Waals surface area contributed by atoms with Gasteiger partial charge in [0.1, 0.15) is 5.75 Å². The predicted octanol–water partition coefficient (Wildman–Crippen LogP) is 3.24. The molecule has 25 heavy (non-hydrogen) atoms. The van der Waals surface area contributed by atoms with Crippen LogP contribution >= 0.6 is 0 Å². The topological polar surface area (TPSA) is 94.3 Å². The molecule has 0 unspecified atom stereocenters. The molecule has 0 spiro atoms. The highest BCUT2D eigenvalue weighted by atomic mass is 32.2. The van der Waals surface area contributed by atoms with Crippen LogP contribution in [0.5, 0.6) is 5.75 Å². The van der Waals surface area contributed by atoms with Crippen molar-refractivity contribution in [2.45, 2.75) is 18.7 Å². The van der Waals surface area contributed by atoms with E-state index in [4.69, 9.17) is 9.15 Å². The second kappa shape index (κ2) is 6.94. The van der Waals surface area contributed by atoms with E-state index in [2.05, 4.69) is 14.9 Å². The minimum Gasteiger partial charge on any atom is -0.494 e. The van der Waals surface area contributed by atoms with Crippen molar-refractivity contribution in [1.29, 1.82) is 0 Å². The van der Waals surface area contributed by atoms with Gasteiger partial charge in [0.2, 0.25) is 12.3 Å². The van der Waals surface area contributed by atoms with E-state index in [1.165, 1.54) is 18.5 Å². The Morgan fingerprint density at radius 3 is 2.52 bits per heavy atom. The molecule has 3 rings (SSSR count). The molecule has 8 heteroatoms. The summed E-state index contributed by atoms with van der Waals surface area (Å²) in [6, 6.07) is 11.4. The molecule has 3 aromatic rings. The number of aromatic nitrogens is 2. The third-order valence-corrected chi connectivity index (χ3v) is 4.90. The summed E-state index contributed by atoms with van der Waals surface area (Å²) in [7, 11) is -3.69. The number of rotatable bonds is 6. The smallest absolute Gasteiger partial charge is 0.261 e. The Balaban J connectivity index is 1.83. The SMILES string of the molecule is CCOc1ccc(S(=O)(=O)Nc2ccc(-c3nnco3)cc2C)cc1. The summed E-state index contributed by atoms with van der Waals surface area (Å²) in [6.07, 6.45) is 1.24. The Morgan fingerprint density at radius 1 is 1.16 bits per heavy atom. The normalized spacial score (nSPS) is 11.3. The van der Waals surface area contributed by atoms with E-state index in [1.807, 2.05) is 6.92 Å². The average molecular weight is 359 g/mol. The molecular formula is C17H17N3O4S. The van der Waals surface area contributed by atoms with E-state index < -0.39 is 10.0 Å². The Kier molecular flexibility index (Phi) is 4.71. The molecule has 1 heterocycles. The van der Waals surface area contributed by atoms with E-state index in [9.17, 15) is 8.42 Å². The third-order valence-electron chi connectivity index (χ3n) is 3.52. The van der Waals surface area contributed by atoms with E-state index >= 15 is 0 Å². The second-order valence-corrected chi connectivity index (χ2v) is 6.97. The highest BCUT2D eigenvalue weighted by Gasteiger charge is 2.16. The van der Waals surface area contributed by atoms with E-state index in [-0.39, 0.29) is 4.90 Å². The number of nitrogens with zero attached hydrogens (tertiary/aromatic N) is 2. The number of hydrogen-bond acceptors (Lipinski definition) is 6. The summed E-state index contributed by atoms with van der Waals surface area (Å²) in [5, 5.41) is 7.47. The van der Waals surface area contributed by atoms with Gasteiger partial charge < -0.3 is 9.15 Å². The van der Waals surface area contributed by atoms with Gasteiger partial charge in [-0.1, -0.05) is 0 Å². The molecule has 0 saturated carbocycles. The molecule has 1 aromatic heterocycles. The number of aryl methyl sites for hydroxylation is 1. The van der Waals surface area contributed by atoms with Crippen molar-refractivity contribution in [3.05, 3.63) is 54.4 Å². The zero-order valence-electron chi connectivity index (χ0n) is 13.8. The lowest BCUT2D eigenvalue weighted by Crippen LogP contribution is -2.13. The molecule has 0 radical (unpaired) electrons. The van der Waals surface area contributed by atoms with Gasteiger partial charge in [-0.15, -0.1) is 10.2 Å². The van der Waals surface area contributed by atoms with Crippen molar-refractivity contribution in [2.24, 2.45) is 0 Å². The van der Waals surface area contributed by atoms with Crippen LogP contribution in [0.1, 0.15) is 12.5 Å². The number of benzene rings is 2. The molecule has 0 amide bonds. The number of ether oxygens (including phenoxy) is 1. The fraction of sp³-hybridized carbons (Fsp3) is 0.176. The van der Waals surface area contributed by atoms with Crippen molar-refractivity contribution in [1.82, 2.24) is 10.2 Å². The monoisotopic (exact) mass is 359 g/mol. The van der Waals surface area contributed by atoms with E-state index in [0.717, 1.165) is 11.1 Å². The minimum absolute atomic E-state index is 0.163. The molecular weight excluding hydrogens is 342 g/mol. The first-order valence-corrected chi connectivity index (χ1v) is 9.11. The van der Waals surface area contributed by atoms with Crippen LogP contribution in [0.3, 0.4) is 0 Å². The first-order chi connectivity index (χ1) is 12.0. The van der Waals surface area contributed by atoms with E-state index in [1.54, 1.807) is 37.3 Å². The maximum Gasteiger partial charge on any atom is 0.261 e. The molecule has 0 aliphatic heterocycles. The standard InChI is InChI=1S/C17H17N3O4S/c1-3-23-14-5-7-15(8-6-14)25(21,22)20-16-9-4-13(10-12(16)2)17-19-18-11-24-17/h4-11,20H,3H2,1-2H3. The van der Waals surface area contributed by atoms with Gasteiger partial charge in [0, 0.05) is 5.56 Å². The van der Waals surface area contributed by atoms with Gasteiger partial charge in [-0.25, -0.2) is 8.42 Å². The summed E-state index contributed by atoms with van der Waals surface area (Å²) in [4.78, 5) is 0.163. The van der Waals surface area contributed by atoms with Gasteiger partial charge >= 0.3 is 0 Å². The molecule has 0 aliphatic carbocycles. The molecule has 0 bridgehead atoms. The maximum atomic E-state index is 12.5. The van der Waals surface area contributed by atoms with Gasteiger partial charge in [0.15, 0.2) is 0 Å². The molecule has 0 atom stereocenters. The van der Waals surface area contributed by atoms with Crippen molar-refractivity contribution in [2.75, 3.05) is 11.3 Å². The Labute approximate surface area is 145 Å². The van der Waals surface area contributed by atoms with Crippen LogP contribution in [-0.4, -0.2) is 25.2 Å². The largest absolute Gasteiger partial charge is 0.494 e. The van der Waals surface area contributed by atoms with Gasteiger partial charge in [-0.3, -0.25) is 4.72 Å². The number of anilines is 1. The van der Waals surface area contributed by atoms with Crippen molar-refractivity contribution >= 4 is 15.7 Å². The van der Waals surface area contributed by atoms with Gasteiger partial charge in [-0.2, -0.15) is 0 Å². The average Bonchev–Trinajstić information content (AvgIpc) is 3.12. The van der Waals surface area contributed by atoms with Crippen LogP contribution < -0.4 is 9.46 Å². The summed E-state index contributed by atoms with van der Waals surface area (Å²) >= 11 is 0. The van der Waals surface area contributed by atoms with Crippen LogP contribution in [0, 0.1) is 6.92 Å². The Morgan fingerprint density at radius 2 is 1.92 bits per heavy atom. The molecule has 0 saturated heterocycles. The number of hydrogen-bond donors (Lipinski definition) is 1. The van der Waals surface area contributed by atoms with E-state index in [0.29, 0.717) is 23.9 Å². The fourth-order valence-corrected chi connectivity index (χ4v) is 3.43. The van der Waals surface area contributed by atoms with Crippen LogP contribution in [0.15, 0.2) is 58.2 Å². The van der Waals surface area contributed by atoms with Crippen LogP contribution in [0.2, 0.25) is 0 Å². The van der Waals surface area contributed by atoms with Crippen LogP contribution in [0.4, 0.5) is 5.69 Å². The third kappa shape index (κ3) is 3.80. The fourth-order valence-electron chi connectivity index (χ4n) is 2.30. The predicted molar refractivity (Wildman–Crippen MR) is 92.9 cm³/mol. The first-order valence-electron chi connectivity index (χ1n) is 7.62. The quantitative estimate of drug-likeness (QED) is 0.726.